The fourth-order valence-corrected chi connectivity index (χ4v) is 4.74. The summed E-state index contributed by atoms with van der Waals surface area (Å²) in [5.41, 5.74) is 1.79. The van der Waals surface area contributed by atoms with E-state index in [-0.39, 0.29) is 44.7 Å². The molecule has 9 heteroatoms. The minimum absolute atomic E-state index is 0.122. The van der Waals surface area contributed by atoms with Crippen molar-refractivity contribution < 1.29 is 24.2 Å². The lowest BCUT2D eigenvalue weighted by Crippen LogP contribution is -2.37. The monoisotopic (exact) mass is 470 g/mol. The Morgan fingerprint density at radius 2 is 1.97 bits per heavy atom. The molecule has 0 saturated carbocycles. The maximum atomic E-state index is 12.9. The Balaban J connectivity index is 1.39. The van der Waals surface area contributed by atoms with E-state index in [2.05, 4.69) is 0 Å². The molecule has 2 amide bonds. The number of amides is 2. The minimum Gasteiger partial charge on any atom is -0.454 e. The molecule has 7 nitrogen and oxygen atoms in total. The largest absolute Gasteiger partial charge is 0.454 e. The predicted molar refractivity (Wildman–Crippen MR) is 126 cm³/mol. The van der Waals surface area contributed by atoms with Crippen LogP contribution in [0.15, 0.2) is 53.4 Å². The average molecular weight is 471 g/mol. The number of nitrogens with zero attached hydrogens (tertiary/aromatic N) is 2. The summed E-state index contributed by atoms with van der Waals surface area (Å²) in [4.78, 5) is 29.2. The average Bonchev–Trinajstić information content (AvgIpc) is 3.36. The molecule has 4 rings (SSSR count). The quantitative estimate of drug-likeness (QED) is 0.469. The highest BCUT2D eigenvalue weighted by Gasteiger charge is 2.32. The van der Waals surface area contributed by atoms with E-state index < -0.39 is 0 Å². The second kappa shape index (κ2) is 10.2. The van der Waals surface area contributed by atoms with Crippen molar-refractivity contribution >= 4 is 46.2 Å². The number of fused-ring (bicyclic) bond motifs is 1. The van der Waals surface area contributed by atoms with Crippen LogP contribution in [0.4, 0.5) is 0 Å². The Labute approximate surface area is 195 Å². The van der Waals surface area contributed by atoms with Crippen LogP contribution in [0.5, 0.6) is 11.5 Å². The molecule has 0 aliphatic carbocycles. The maximum absolute atomic E-state index is 12.9. The highest BCUT2D eigenvalue weighted by atomic mass is 32.2. The summed E-state index contributed by atoms with van der Waals surface area (Å²) < 4.78 is 11.1. The van der Waals surface area contributed by atoms with Gasteiger partial charge in [0.25, 0.3) is 5.91 Å². The van der Waals surface area contributed by atoms with Gasteiger partial charge in [-0.3, -0.25) is 14.5 Å². The van der Waals surface area contributed by atoms with Crippen LogP contribution in [0.25, 0.3) is 6.08 Å². The molecule has 0 radical (unpaired) electrons. The molecular formula is C23H22N2O5S2. The summed E-state index contributed by atoms with van der Waals surface area (Å²) in [7, 11) is 0. The van der Waals surface area contributed by atoms with Gasteiger partial charge in [0.15, 0.2) is 11.5 Å². The summed E-state index contributed by atoms with van der Waals surface area (Å²) in [6.45, 7) is 0.891. The van der Waals surface area contributed by atoms with E-state index in [9.17, 15) is 14.7 Å². The Kier molecular flexibility index (Phi) is 7.09. The molecule has 2 aromatic carbocycles. The lowest BCUT2D eigenvalue weighted by Gasteiger charge is -2.23. The molecule has 2 aliphatic heterocycles. The molecule has 32 heavy (non-hydrogen) atoms. The van der Waals surface area contributed by atoms with E-state index in [1.165, 1.54) is 16.7 Å². The molecular weight excluding hydrogens is 448 g/mol. The lowest BCUT2D eigenvalue weighted by molar-refractivity contribution is -0.132. The van der Waals surface area contributed by atoms with Crippen molar-refractivity contribution in [1.29, 1.82) is 0 Å². The van der Waals surface area contributed by atoms with Crippen LogP contribution < -0.4 is 9.47 Å². The zero-order valence-electron chi connectivity index (χ0n) is 17.2. The summed E-state index contributed by atoms with van der Waals surface area (Å²) in [6.07, 6.45) is 1.88. The van der Waals surface area contributed by atoms with E-state index in [1.54, 1.807) is 17.0 Å². The van der Waals surface area contributed by atoms with Crippen molar-refractivity contribution in [3.05, 3.63) is 64.6 Å². The molecule has 2 aromatic rings. The van der Waals surface area contributed by atoms with Crippen LogP contribution in [-0.4, -0.2) is 57.5 Å². The number of thiocarbonyl (C=S) groups is 1. The first-order valence-corrected chi connectivity index (χ1v) is 11.3. The van der Waals surface area contributed by atoms with Gasteiger partial charge in [-0.25, -0.2) is 0 Å². The highest BCUT2D eigenvalue weighted by Crippen LogP contribution is 2.36. The topological polar surface area (TPSA) is 79.3 Å². The molecule has 1 saturated heterocycles. The van der Waals surface area contributed by atoms with Gasteiger partial charge in [0.05, 0.1) is 11.5 Å². The number of aliphatic hydroxyl groups excluding tert-OH is 1. The van der Waals surface area contributed by atoms with E-state index in [4.69, 9.17) is 21.7 Å². The number of rotatable bonds is 8. The zero-order chi connectivity index (χ0) is 22.5. The van der Waals surface area contributed by atoms with E-state index in [1.807, 2.05) is 42.5 Å². The number of benzene rings is 2. The van der Waals surface area contributed by atoms with Crippen LogP contribution >= 0.6 is 24.0 Å². The Morgan fingerprint density at radius 3 is 2.75 bits per heavy atom. The molecule has 1 N–H and O–H groups in total. The maximum Gasteiger partial charge on any atom is 0.266 e. The number of ether oxygens (including phenoxy) is 2. The first kappa shape index (κ1) is 22.3. The summed E-state index contributed by atoms with van der Waals surface area (Å²) in [5, 5.41) is 9.35. The van der Waals surface area contributed by atoms with Crippen molar-refractivity contribution in [3.63, 3.8) is 0 Å². The van der Waals surface area contributed by atoms with Gasteiger partial charge >= 0.3 is 0 Å². The fourth-order valence-electron chi connectivity index (χ4n) is 3.43. The minimum atomic E-state index is -0.220. The second-order valence-electron chi connectivity index (χ2n) is 7.22. The van der Waals surface area contributed by atoms with Crippen molar-refractivity contribution in [1.82, 2.24) is 9.80 Å². The third-order valence-corrected chi connectivity index (χ3v) is 6.43. The van der Waals surface area contributed by atoms with Crippen molar-refractivity contribution in [3.8, 4) is 11.5 Å². The lowest BCUT2D eigenvalue weighted by atomic mass is 10.2. The number of hydrogen-bond acceptors (Lipinski definition) is 7. The van der Waals surface area contributed by atoms with Gasteiger partial charge in [0.1, 0.15) is 4.32 Å². The zero-order valence-corrected chi connectivity index (χ0v) is 18.9. The number of carbonyl (C=O) groups excluding carboxylic acids is 2. The third kappa shape index (κ3) is 5.12. The predicted octanol–water partition coefficient (Wildman–Crippen LogP) is 3.03. The molecule has 2 heterocycles. The van der Waals surface area contributed by atoms with E-state index in [0.29, 0.717) is 27.3 Å². The molecule has 2 aliphatic rings. The first-order chi connectivity index (χ1) is 15.5. The smallest absolute Gasteiger partial charge is 0.266 e. The third-order valence-electron chi connectivity index (χ3n) is 5.06. The van der Waals surface area contributed by atoms with Gasteiger partial charge in [0, 0.05) is 26.1 Å². The molecule has 0 unspecified atom stereocenters. The van der Waals surface area contributed by atoms with Crippen molar-refractivity contribution in [2.45, 2.75) is 13.0 Å². The van der Waals surface area contributed by atoms with Crippen molar-refractivity contribution in [2.75, 3.05) is 26.5 Å². The van der Waals surface area contributed by atoms with Gasteiger partial charge in [-0.1, -0.05) is 60.4 Å². The normalized spacial score (nSPS) is 16.2. The first-order valence-electron chi connectivity index (χ1n) is 10.1. The van der Waals surface area contributed by atoms with Crippen LogP contribution in [0.3, 0.4) is 0 Å². The molecule has 0 atom stereocenters. The van der Waals surface area contributed by atoms with Crippen LogP contribution in [0, 0.1) is 0 Å². The number of aliphatic hydroxyl groups is 1. The standard InChI is InChI=1S/C23H22N2O5S2/c26-11-10-24(14-16-4-2-1-3-5-16)21(27)8-9-25-22(28)20(32-23(25)31)13-17-6-7-18-19(12-17)30-15-29-18/h1-7,12-13,26H,8-11,14-15H2. The molecule has 0 bridgehead atoms. The van der Waals surface area contributed by atoms with Gasteiger partial charge in [-0.05, 0) is 29.3 Å². The highest BCUT2D eigenvalue weighted by molar-refractivity contribution is 8.26. The summed E-state index contributed by atoms with van der Waals surface area (Å²) in [6, 6.07) is 15.0. The summed E-state index contributed by atoms with van der Waals surface area (Å²) >= 11 is 6.60. The SMILES string of the molecule is O=C(CCN1C(=O)C(=Cc2ccc3c(c2)OCO3)SC1=S)N(CCO)Cc1ccccc1. The van der Waals surface area contributed by atoms with Crippen LogP contribution in [-0.2, 0) is 16.1 Å². The van der Waals surface area contributed by atoms with Gasteiger partial charge in [0.2, 0.25) is 12.7 Å². The van der Waals surface area contributed by atoms with Gasteiger partial charge in [-0.15, -0.1) is 0 Å². The van der Waals surface area contributed by atoms with E-state index >= 15 is 0 Å². The number of thioether (sulfide) groups is 1. The second-order valence-corrected chi connectivity index (χ2v) is 8.90. The van der Waals surface area contributed by atoms with Crippen LogP contribution in [0.2, 0.25) is 0 Å². The molecule has 0 aromatic heterocycles. The Hall–Kier alpha value is -2.88. The molecule has 0 spiro atoms. The number of carbonyl (C=O) groups is 2. The van der Waals surface area contributed by atoms with Crippen molar-refractivity contribution in [2.24, 2.45) is 0 Å². The Bertz CT molecular complexity index is 1060. The molecule has 166 valence electrons. The Morgan fingerprint density at radius 1 is 1.19 bits per heavy atom. The van der Waals surface area contributed by atoms with Gasteiger partial charge in [-0.2, -0.15) is 0 Å². The van der Waals surface area contributed by atoms with E-state index in [0.717, 1.165) is 11.1 Å². The fraction of sp³-hybridized carbons (Fsp3) is 0.261. The summed E-state index contributed by atoms with van der Waals surface area (Å²) in [5.74, 6) is 0.956. The van der Waals surface area contributed by atoms with Gasteiger partial charge < -0.3 is 19.5 Å². The van der Waals surface area contributed by atoms with Crippen LogP contribution in [0.1, 0.15) is 17.5 Å². The molecule has 1 fully saturated rings. The number of hydrogen-bond donors (Lipinski definition) is 1.